The third kappa shape index (κ3) is 2.40. The monoisotopic (exact) mass is 239 g/mol. The van der Waals surface area contributed by atoms with E-state index in [1.807, 2.05) is 19.2 Å². The zero-order chi connectivity index (χ0) is 11.4. The number of rotatable bonds is 5. The molecule has 0 atom stereocenters. The van der Waals surface area contributed by atoms with Gasteiger partial charge in [0.05, 0.1) is 13.2 Å². The van der Waals surface area contributed by atoms with Crippen molar-refractivity contribution in [2.45, 2.75) is 18.3 Å². The van der Waals surface area contributed by atoms with Gasteiger partial charge < -0.3 is 10.1 Å². The van der Waals surface area contributed by atoms with Crippen LogP contribution in [-0.2, 0) is 10.2 Å². The number of nitrogens with one attached hydrogen (secondary N) is 1. The van der Waals surface area contributed by atoms with Crippen molar-refractivity contribution in [3.8, 4) is 0 Å². The minimum atomic E-state index is 0.210. The largest absolute Gasteiger partial charge is 0.379 e. The number of halogens is 1. The number of hydrogen-bond acceptors (Lipinski definition) is 2. The normalized spacial score (nSPS) is 18.1. The van der Waals surface area contributed by atoms with Gasteiger partial charge in [-0.05, 0) is 44.1 Å². The number of benzene rings is 1. The quantitative estimate of drug-likeness (QED) is 0.798. The molecule has 0 amide bonds. The number of hydrogen-bond donors (Lipinski definition) is 1. The molecule has 16 heavy (non-hydrogen) atoms. The molecule has 1 heterocycles. The third-order valence-electron chi connectivity index (χ3n) is 3.28. The average molecular weight is 240 g/mol. The summed E-state index contributed by atoms with van der Waals surface area (Å²) in [7, 11) is 1.99. The lowest BCUT2D eigenvalue weighted by molar-refractivity contribution is -0.0650. The molecule has 0 aliphatic carbocycles. The van der Waals surface area contributed by atoms with Crippen LogP contribution in [0, 0.1) is 0 Å². The Morgan fingerprint density at radius 3 is 2.81 bits per heavy atom. The highest BCUT2D eigenvalue weighted by Gasteiger charge is 2.39. The predicted molar refractivity (Wildman–Crippen MR) is 67.1 cm³/mol. The Bertz CT molecular complexity index is 350. The first kappa shape index (κ1) is 11.9. The first-order valence-electron chi connectivity index (χ1n) is 5.75. The molecule has 0 spiro atoms. The predicted octanol–water partition coefficient (Wildman–Crippen LogP) is 2.61. The van der Waals surface area contributed by atoms with Crippen LogP contribution >= 0.6 is 11.6 Å². The Kier molecular flexibility index (Phi) is 3.85. The van der Waals surface area contributed by atoms with E-state index in [4.69, 9.17) is 16.3 Å². The Hall–Kier alpha value is -0.570. The minimum absolute atomic E-state index is 0.210. The lowest BCUT2D eigenvalue weighted by atomic mass is 9.75. The van der Waals surface area contributed by atoms with Crippen LogP contribution in [0.4, 0.5) is 0 Å². The molecule has 1 fully saturated rings. The summed E-state index contributed by atoms with van der Waals surface area (Å²) in [6, 6.07) is 8.18. The van der Waals surface area contributed by atoms with E-state index in [9.17, 15) is 0 Å². The number of ether oxygens (including phenoxy) is 1. The van der Waals surface area contributed by atoms with Gasteiger partial charge in [-0.15, -0.1) is 0 Å². The highest BCUT2D eigenvalue weighted by Crippen LogP contribution is 2.37. The molecule has 1 saturated heterocycles. The second-order valence-electron chi connectivity index (χ2n) is 4.49. The molecular formula is C13H18ClNO. The Labute approximate surface area is 102 Å². The van der Waals surface area contributed by atoms with Crippen molar-refractivity contribution in [2.75, 3.05) is 26.8 Å². The van der Waals surface area contributed by atoms with Gasteiger partial charge in [-0.25, -0.2) is 0 Å². The SMILES string of the molecule is CNCCCC1(c2cccc(Cl)c2)COC1. The van der Waals surface area contributed by atoms with Crippen LogP contribution in [-0.4, -0.2) is 26.8 Å². The Balaban J connectivity index is 2.08. The van der Waals surface area contributed by atoms with Crippen molar-refractivity contribution in [1.82, 2.24) is 5.32 Å². The molecule has 0 radical (unpaired) electrons. The zero-order valence-electron chi connectivity index (χ0n) is 9.63. The van der Waals surface area contributed by atoms with Crippen LogP contribution in [0.2, 0.25) is 5.02 Å². The van der Waals surface area contributed by atoms with Gasteiger partial charge in [-0.2, -0.15) is 0 Å². The smallest absolute Gasteiger partial charge is 0.0585 e. The summed E-state index contributed by atoms with van der Waals surface area (Å²) in [5.74, 6) is 0. The molecule has 2 rings (SSSR count). The summed E-state index contributed by atoms with van der Waals surface area (Å²) < 4.78 is 5.40. The molecule has 1 aromatic rings. The molecule has 1 aliphatic rings. The highest BCUT2D eigenvalue weighted by atomic mass is 35.5. The van der Waals surface area contributed by atoms with Crippen LogP contribution in [0.15, 0.2) is 24.3 Å². The fourth-order valence-electron chi connectivity index (χ4n) is 2.23. The van der Waals surface area contributed by atoms with Gasteiger partial charge >= 0.3 is 0 Å². The first-order chi connectivity index (χ1) is 7.77. The standard InChI is InChI=1S/C13H18ClNO/c1-15-7-3-6-13(9-16-10-13)11-4-2-5-12(14)8-11/h2,4-5,8,15H,3,6-7,9-10H2,1H3. The summed E-state index contributed by atoms with van der Waals surface area (Å²) in [5, 5.41) is 4.00. The average Bonchev–Trinajstić information content (AvgIpc) is 2.22. The van der Waals surface area contributed by atoms with Crippen LogP contribution in [0.5, 0.6) is 0 Å². The lowest BCUT2D eigenvalue weighted by Gasteiger charge is -2.42. The lowest BCUT2D eigenvalue weighted by Crippen LogP contribution is -2.47. The highest BCUT2D eigenvalue weighted by molar-refractivity contribution is 6.30. The Morgan fingerprint density at radius 1 is 1.44 bits per heavy atom. The second-order valence-corrected chi connectivity index (χ2v) is 4.93. The molecule has 0 unspecified atom stereocenters. The molecule has 88 valence electrons. The van der Waals surface area contributed by atoms with E-state index in [-0.39, 0.29) is 5.41 Å². The van der Waals surface area contributed by atoms with Crippen molar-refractivity contribution in [3.05, 3.63) is 34.9 Å². The van der Waals surface area contributed by atoms with E-state index in [0.717, 1.165) is 31.2 Å². The molecular weight excluding hydrogens is 222 g/mol. The maximum absolute atomic E-state index is 6.04. The molecule has 1 aliphatic heterocycles. The summed E-state index contributed by atoms with van der Waals surface area (Å²) in [5.41, 5.74) is 1.53. The summed E-state index contributed by atoms with van der Waals surface area (Å²) >= 11 is 6.04. The zero-order valence-corrected chi connectivity index (χ0v) is 10.4. The van der Waals surface area contributed by atoms with Gasteiger partial charge in [0.2, 0.25) is 0 Å². The van der Waals surface area contributed by atoms with Gasteiger partial charge in [0.1, 0.15) is 0 Å². The van der Waals surface area contributed by atoms with Crippen molar-refractivity contribution in [2.24, 2.45) is 0 Å². The van der Waals surface area contributed by atoms with Gasteiger partial charge in [0.25, 0.3) is 0 Å². The molecule has 1 aromatic carbocycles. The summed E-state index contributed by atoms with van der Waals surface area (Å²) in [4.78, 5) is 0. The second kappa shape index (κ2) is 5.17. The molecule has 0 saturated carbocycles. The topological polar surface area (TPSA) is 21.3 Å². The fourth-order valence-corrected chi connectivity index (χ4v) is 2.42. The van der Waals surface area contributed by atoms with Gasteiger partial charge in [0, 0.05) is 10.4 Å². The molecule has 3 heteroatoms. The van der Waals surface area contributed by atoms with Gasteiger partial charge in [0.15, 0.2) is 0 Å². The molecule has 0 bridgehead atoms. The first-order valence-corrected chi connectivity index (χ1v) is 6.13. The molecule has 1 N–H and O–H groups in total. The van der Waals surface area contributed by atoms with E-state index in [0.29, 0.717) is 0 Å². The van der Waals surface area contributed by atoms with E-state index in [1.54, 1.807) is 0 Å². The Morgan fingerprint density at radius 2 is 2.25 bits per heavy atom. The van der Waals surface area contributed by atoms with Crippen molar-refractivity contribution in [3.63, 3.8) is 0 Å². The maximum atomic E-state index is 6.04. The maximum Gasteiger partial charge on any atom is 0.0585 e. The van der Waals surface area contributed by atoms with Crippen LogP contribution in [0.3, 0.4) is 0 Å². The third-order valence-corrected chi connectivity index (χ3v) is 3.51. The van der Waals surface area contributed by atoms with Crippen molar-refractivity contribution >= 4 is 11.6 Å². The molecule has 0 aromatic heterocycles. The van der Waals surface area contributed by atoms with Crippen LogP contribution in [0.25, 0.3) is 0 Å². The summed E-state index contributed by atoms with van der Waals surface area (Å²) in [6.07, 6.45) is 2.33. The minimum Gasteiger partial charge on any atom is -0.379 e. The van der Waals surface area contributed by atoms with Gasteiger partial charge in [-0.1, -0.05) is 23.7 Å². The van der Waals surface area contributed by atoms with E-state index < -0.39 is 0 Å². The van der Waals surface area contributed by atoms with E-state index in [1.165, 1.54) is 12.0 Å². The van der Waals surface area contributed by atoms with Crippen molar-refractivity contribution < 1.29 is 4.74 Å². The van der Waals surface area contributed by atoms with Crippen LogP contribution in [0.1, 0.15) is 18.4 Å². The van der Waals surface area contributed by atoms with Gasteiger partial charge in [-0.3, -0.25) is 0 Å². The van der Waals surface area contributed by atoms with E-state index in [2.05, 4.69) is 17.4 Å². The summed E-state index contributed by atoms with van der Waals surface area (Å²) in [6.45, 7) is 2.72. The van der Waals surface area contributed by atoms with Crippen molar-refractivity contribution in [1.29, 1.82) is 0 Å². The van der Waals surface area contributed by atoms with Crippen LogP contribution < -0.4 is 5.32 Å². The fraction of sp³-hybridized carbons (Fsp3) is 0.538. The molecule has 2 nitrogen and oxygen atoms in total. The van der Waals surface area contributed by atoms with E-state index >= 15 is 0 Å².